The summed E-state index contributed by atoms with van der Waals surface area (Å²) in [6.45, 7) is 0.972. The fraction of sp³-hybridized carbons (Fsp3) is 1.00. The lowest BCUT2D eigenvalue weighted by Crippen LogP contribution is -2.33. The van der Waals surface area contributed by atoms with Crippen LogP contribution in [0.2, 0.25) is 0 Å². The lowest BCUT2D eigenvalue weighted by Gasteiger charge is -2.12. The van der Waals surface area contributed by atoms with Gasteiger partial charge >= 0.3 is 0 Å². The largest absolute Gasteiger partial charge is 0.318 e. The van der Waals surface area contributed by atoms with E-state index in [1.165, 1.54) is 0 Å². The fourth-order valence-corrected chi connectivity index (χ4v) is 0.421. The number of thiol groups is 1. The monoisotopic (exact) mass is 121 g/mol. The van der Waals surface area contributed by atoms with Crippen LogP contribution in [0.5, 0.6) is 0 Å². The van der Waals surface area contributed by atoms with Crippen LogP contribution < -0.4 is 11.5 Å². The second kappa shape index (κ2) is 4.39. The van der Waals surface area contributed by atoms with Crippen LogP contribution in [0, 0.1) is 0 Å². The number of rotatable bonds is 3. The summed E-state index contributed by atoms with van der Waals surface area (Å²) in [5.41, 5.74) is 10.4. The van der Waals surface area contributed by atoms with Gasteiger partial charge in [-0.2, -0.15) is 12.6 Å². The molecule has 7 heavy (non-hydrogen) atoms. The molecule has 4 heteroatoms. The maximum atomic E-state index is 5.19. The summed E-state index contributed by atoms with van der Waals surface area (Å²) < 4.78 is 0. The molecule has 0 aromatic rings. The Balaban J connectivity index is 2.99. The summed E-state index contributed by atoms with van der Waals surface area (Å²) in [6, 6.07) is 0. The summed E-state index contributed by atoms with van der Waals surface area (Å²) in [4.78, 5) is 1.79. The molecular formula is C3H11N3S. The number of hydrogen-bond acceptors (Lipinski definition) is 4. The van der Waals surface area contributed by atoms with E-state index in [4.69, 9.17) is 11.5 Å². The van der Waals surface area contributed by atoms with E-state index in [-0.39, 0.29) is 0 Å². The highest BCUT2D eigenvalue weighted by molar-refractivity contribution is 7.80. The Morgan fingerprint density at radius 1 is 1.29 bits per heavy atom. The van der Waals surface area contributed by atoms with Gasteiger partial charge in [0.05, 0.1) is 0 Å². The Bertz CT molecular complexity index is 31.7. The Labute approximate surface area is 49.1 Å². The molecule has 0 aromatic carbocycles. The van der Waals surface area contributed by atoms with E-state index in [9.17, 15) is 0 Å². The maximum absolute atomic E-state index is 5.19. The van der Waals surface area contributed by atoms with Crippen LogP contribution in [0.3, 0.4) is 0 Å². The maximum Gasteiger partial charge on any atom is 0.0475 e. The average molecular weight is 121 g/mol. The van der Waals surface area contributed by atoms with Gasteiger partial charge in [0, 0.05) is 19.2 Å². The van der Waals surface area contributed by atoms with Gasteiger partial charge in [-0.3, -0.25) is 4.90 Å². The standard InChI is InChI=1S/C3H11N3S/c4-1-6(2-5)3-7/h7H,1-5H2. The Morgan fingerprint density at radius 3 is 1.71 bits per heavy atom. The van der Waals surface area contributed by atoms with Crippen molar-refractivity contribution in [1.29, 1.82) is 0 Å². The molecule has 0 rings (SSSR count). The summed E-state index contributed by atoms with van der Waals surface area (Å²) in [5.74, 6) is 0.632. The van der Waals surface area contributed by atoms with Crippen molar-refractivity contribution in [2.45, 2.75) is 0 Å². The second-order valence-corrected chi connectivity index (χ2v) is 1.46. The molecule has 0 aliphatic rings. The number of nitrogens with two attached hydrogens (primary N) is 2. The van der Waals surface area contributed by atoms with E-state index < -0.39 is 0 Å². The van der Waals surface area contributed by atoms with Crippen molar-refractivity contribution in [3.8, 4) is 0 Å². The first-order chi connectivity index (χ1) is 3.35. The molecule has 4 N–H and O–H groups in total. The zero-order valence-electron chi connectivity index (χ0n) is 4.17. The molecule has 0 fully saturated rings. The second-order valence-electron chi connectivity index (χ2n) is 1.18. The normalized spacial score (nSPS) is 10.3. The van der Waals surface area contributed by atoms with Gasteiger partial charge in [-0.15, -0.1) is 0 Å². The zero-order chi connectivity index (χ0) is 5.70. The van der Waals surface area contributed by atoms with E-state index >= 15 is 0 Å². The lowest BCUT2D eigenvalue weighted by molar-refractivity contribution is 0.342. The lowest BCUT2D eigenvalue weighted by atomic mass is 10.8. The van der Waals surface area contributed by atoms with E-state index in [0.29, 0.717) is 19.2 Å². The highest BCUT2D eigenvalue weighted by atomic mass is 32.1. The molecule has 0 aromatic heterocycles. The summed E-state index contributed by atoms with van der Waals surface area (Å²) in [7, 11) is 0. The molecule has 3 nitrogen and oxygen atoms in total. The minimum atomic E-state index is 0.486. The highest BCUT2D eigenvalue weighted by Gasteiger charge is 1.90. The third kappa shape index (κ3) is 2.87. The molecular weight excluding hydrogens is 110 g/mol. The molecule has 0 saturated carbocycles. The van der Waals surface area contributed by atoms with Crippen LogP contribution in [-0.4, -0.2) is 24.1 Å². The molecule has 0 amide bonds. The first-order valence-corrected chi connectivity index (χ1v) is 2.71. The Hall–Kier alpha value is 0.230. The predicted octanol–water partition coefficient (Wildman–Crippen LogP) is -0.992. The van der Waals surface area contributed by atoms with Gasteiger partial charge < -0.3 is 11.5 Å². The topological polar surface area (TPSA) is 55.3 Å². The molecule has 0 unspecified atom stereocenters. The van der Waals surface area contributed by atoms with Crippen molar-refractivity contribution >= 4 is 12.6 Å². The van der Waals surface area contributed by atoms with Gasteiger partial charge in [0.2, 0.25) is 0 Å². The van der Waals surface area contributed by atoms with Crippen molar-refractivity contribution in [2.75, 3.05) is 19.2 Å². The average Bonchev–Trinajstić information content (AvgIpc) is 1.72. The van der Waals surface area contributed by atoms with Crippen LogP contribution in [0.25, 0.3) is 0 Å². The zero-order valence-corrected chi connectivity index (χ0v) is 5.06. The predicted molar refractivity (Wildman–Crippen MR) is 33.8 cm³/mol. The quantitative estimate of drug-likeness (QED) is 0.332. The van der Waals surface area contributed by atoms with Gasteiger partial charge in [0.1, 0.15) is 0 Å². The van der Waals surface area contributed by atoms with Crippen LogP contribution >= 0.6 is 12.6 Å². The molecule has 0 radical (unpaired) electrons. The molecule has 0 bridgehead atoms. The van der Waals surface area contributed by atoms with Gasteiger partial charge in [0.15, 0.2) is 0 Å². The minimum absolute atomic E-state index is 0.486. The van der Waals surface area contributed by atoms with Crippen LogP contribution in [0.15, 0.2) is 0 Å². The molecule has 0 aliphatic heterocycles. The Morgan fingerprint density at radius 2 is 1.71 bits per heavy atom. The van der Waals surface area contributed by atoms with Gasteiger partial charge in [-0.1, -0.05) is 0 Å². The van der Waals surface area contributed by atoms with Crippen molar-refractivity contribution in [3.63, 3.8) is 0 Å². The van der Waals surface area contributed by atoms with E-state index in [1.54, 1.807) is 4.90 Å². The van der Waals surface area contributed by atoms with E-state index in [0.717, 1.165) is 0 Å². The van der Waals surface area contributed by atoms with Gasteiger partial charge in [-0.25, -0.2) is 0 Å². The van der Waals surface area contributed by atoms with E-state index in [1.807, 2.05) is 0 Å². The van der Waals surface area contributed by atoms with Gasteiger partial charge in [-0.05, 0) is 0 Å². The van der Waals surface area contributed by atoms with Crippen molar-refractivity contribution in [2.24, 2.45) is 11.5 Å². The van der Waals surface area contributed by atoms with Crippen molar-refractivity contribution in [3.05, 3.63) is 0 Å². The summed E-state index contributed by atoms with van der Waals surface area (Å²) in [5, 5.41) is 0. The summed E-state index contributed by atoms with van der Waals surface area (Å²) >= 11 is 3.94. The molecule has 0 atom stereocenters. The minimum Gasteiger partial charge on any atom is -0.318 e. The first-order valence-electron chi connectivity index (χ1n) is 2.08. The van der Waals surface area contributed by atoms with Crippen LogP contribution in [0.1, 0.15) is 0 Å². The van der Waals surface area contributed by atoms with Crippen LogP contribution in [0.4, 0.5) is 0 Å². The van der Waals surface area contributed by atoms with Crippen molar-refractivity contribution < 1.29 is 0 Å². The summed E-state index contributed by atoms with van der Waals surface area (Å²) in [6.07, 6.45) is 0. The molecule has 0 saturated heterocycles. The van der Waals surface area contributed by atoms with Crippen molar-refractivity contribution in [1.82, 2.24) is 4.90 Å². The number of hydrogen-bond donors (Lipinski definition) is 3. The third-order valence-electron chi connectivity index (χ3n) is 0.716. The molecule has 44 valence electrons. The SMILES string of the molecule is NCN(CN)CS. The highest BCUT2D eigenvalue weighted by Crippen LogP contribution is 1.80. The molecule has 0 heterocycles. The van der Waals surface area contributed by atoms with E-state index in [2.05, 4.69) is 12.6 Å². The fourth-order valence-electron chi connectivity index (χ4n) is 0.190. The molecule has 0 spiro atoms. The van der Waals surface area contributed by atoms with Gasteiger partial charge in [0.25, 0.3) is 0 Å². The third-order valence-corrected chi connectivity index (χ3v) is 1.12. The molecule has 0 aliphatic carbocycles. The smallest absolute Gasteiger partial charge is 0.0475 e. The Kier molecular flexibility index (Phi) is 4.53. The number of nitrogens with zero attached hydrogens (tertiary/aromatic N) is 1. The first kappa shape index (κ1) is 7.23. The van der Waals surface area contributed by atoms with Crippen LogP contribution in [-0.2, 0) is 0 Å².